The number of benzene rings is 2. The fourth-order valence-electron chi connectivity index (χ4n) is 4.66. The minimum atomic E-state index is -0.901. The summed E-state index contributed by atoms with van der Waals surface area (Å²) in [4.78, 5) is 15.1. The number of nitrogens with one attached hydrogen (secondary N) is 2. The van der Waals surface area contributed by atoms with Crippen LogP contribution in [0.25, 0.3) is 16.5 Å². The van der Waals surface area contributed by atoms with Gasteiger partial charge in [0.2, 0.25) is 0 Å². The van der Waals surface area contributed by atoms with Gasteiger partial charge in [0.15, 0.2) is 0 Å². The van der Waals surface area contributed by atoms with Crippen LogP contribution in [0.1, 0.15) is 35.7 Å². The second-order valence-electron chi connectivity index (χ2n) is 9.03. The van der Waals surface area contributed by atoms with Crippen LogP contribution in [-0.2, 0) is 13.1 Å². The molecule has 204 valence electrons. The molecule has 0 unspecified atom stereocenters. The van der Waals surface area contributed by atoms with Crippen LogP contribution in [0.2, 0.25) is 0 Å². The first-order valence-electron chi connectivity index (χ1n) is 12.5. The van der Waals surface area contributed by atoms with Crippen molar-refractivity contribution < 1.29 is 18.6 Å². The van der Waals surface area contributed by atoms with Crippen LogP contribution >= 0.6 is 0 Å². The van der Waals surface area contributed by atoms with Crippen LogP contribution in [0.15, 0.2) is 47.6 Å². The van der Waals surface area contributed by atoms with Crippen molar-refractivity contribution in [3.8, 4) is 11.8 Å². The number of alkyl halides is 1. The maximum Gasteiger partial charge on any atom is 0.318 e. The number of aryl methyl sites for hydroxylation is 1. The number of amidine groups is 1. The molecule has 1 aliphatic heterocycles. The Morgan fingerprint density at radius 2 is 2.15 bits per heavy atom. The highest BCUT2D eigenvalue weighted by Gasteiger charge is 2.22. The lowest BCUT2D eigenvalue weighted by molar-refractivity contribution is 0.373. The second-order valence-corrected chi connectivity index (χ2v) is 9.03. The van der Waals surface area contributed by atoms with E-state index in [1.54, 1.807) is 12.1 Å². The molecule has 11 heteroatoms. The van der Waals surface area contributed by atoms with Crippen molar-refractivity contribution in [1.29, 1.82) is 5.41 Å². The molecule has 1 aliphatic rings. The van der Waals surface area contributed by atoms with Crippen LogP contribution in [-0.4, -0.2) is 53.9 Å². The summed E-state index contributed by atoms with van der Waals surface area (Å²) in [6, 6.07) is 6.02. The number of hydrogen-bond acceptors (Lipinski definition) is 8. The average molecular weight is 536 g/mol. The fourth-order valence-corrected chi connectivity index (χ4v) is 4.66. The molecule has 1 aromatic heterocycles. The number of phenols is 1. The predicted molar refractivity (Wildman–Crippen MR) is 150 cm³/mol. The van der Waals surface area contributed by atoms with E-state index in [9.17, 15) is 13.9 Å². The van der Waals surface area contributed by atoms with E-state index in [1.807, 2.05) is 11.8 Å². The molecular formula is C28H31F2N7O2. The fraction of sp³-hybridized carbons (Fsp3) is 0.286. The van der Waals surface area contributed by atoms with E-state index in [0.29, 0.717) is 65.0 Å². The Morgan fingerprint density at radius 1 is 1.36 bits per heavy atom. The van der Waals surface area contributed by atoms with Gasteiger partial charge in [0.25, 0.3) is 0 Å². The molecule has 0 atom stereocenters. The number of rotatable bonds is 8. The summed E-state index contributed by atoms with van der Waals surface area (Å²) in [5.74, 6) is -0.0700. The zero-order valence-corrected chi connectivity index (χ0v) is 21.9. The highest BCUT2D eigenvalue weighted by Crippen LogP contribution is 2.34. The Labute approximate surface area is 225 Å². The molecule has 2 heterocycles. The van der Waals surface area contributed by atoms with E-state index in [1.165, 1.54) is 31.5 Å². The van der Waals surface area contributed by atoms with Crippen molar-refractivity contribution in [3.63, 3.8) is 0 Å². The molecule has 0 saturated carbocycles. The number of ether oxygens (including phenoxy) is 1. The van der Waals surface area contributed by atoms with Crippen molar-refractivity contribution in [2.24, 2.45) is 10.7 Å². The average Bonchev–Trinajstić information content (AvgIpc) is 3.15. The van der Waals surface area contributed by atoms with Gasteiger partial charge in [-0.2, -0.15) is 9.97 Å². The molecule has 9 nitrogen and oxygen atoms in total. The molecule has 39 heavy (non-hydrogen) atoms. The zero-order chi connectivity index (χ0) is 28.1. The van der Waals surface area contributed by atoms with Gasteiger partial charge in [-0.15, -0.1) is 0 Å². The summed E-state index contributed by atoms with van der Waals surface area (Å²) in [5, 5.41) is 22.5. The van der Waals surface area contributed by atoms with E-state index in [0.717, 1.165) is 6.42 Å². The zero-order valence-electron chi connectivity index (χ0n) is 21.9. The number of halogens is 2. The third-order valence-corrected chi connectivity index (χ3v) is 6.41. The SMILES string of the molecule is C=C(N=Cc1c(CF)nc(OC)nc1N1CCCN/C(=C\C(=N)N)C1)c1cc(O)cc2ccc(F)c(CC)c12. The van der Waals surface area contributed by atoms with Gasteiger partial charge in [-0.1, -0.05) is 19.6 Å². The minimum absolute atomic E-state index is 0.00460. The van der Waals surface area contributed by atoms with Gasteiger partial charge >= 0.3 is 6.01 Å². The highest BCUT2D eigenvalue weighted by atomic mass is 19.1. The predicted octanol–water partition coefficient (Wildman–Crippen LogP) is 4.22. The number of nitrogens with zero attached hydrogens (tertiary/aromatic N) is 4. The number of anilines is 1. The van der Waals surface area contributed by atoms with Crippen molar-refractivity contribution in [2.75, 3.05) is 31.6 Å². The number of aromatic hydroxyl groups is 1. The first-order valence-corrected chi connectivity index (χ1v) is 12.5. The maximum absolute atomic E-state index is 14.7. The molecule has 0 amide bonds. The molecule has 0 spiro atoms. The van der Waals surface area contributed by atoms with E-state index in [2.05, 4.69) is 26.9 Å². The standard InChI is InChI=1S/C28H31F2N7O2/c1-4-20-23(30)7-6-17-10-19(38)12-21(26(17)20)16(2)34-14-22-24(13-29)35-28(39-3)36-27(22)37-9-5-8-33-18(15-37)11-25(31)32/h6-7,10-12,14,33,38H,2,4-5,8-9,13,15H2,1,3H3,(H3,31,32)/b18-11-,34-14?. The first kappa shape index (κ1) is 27.5. The van der Waals surface area contributed by atoms with Gasteiger partial charge in [0, 0.05) is 36.6 Å². The Balaban J connectivity index is 1.82. The number of nitrogens with two attached hydrogens (primary N) is 1. The number of methoxy groups -OCH3 is 1. The van der Waals surface area contributed by atoms with E-state index in [-0.39, 0.29) is 34.8 Å². The second kappa shape index (κ2) is 11.9. The van der Waals surface area contributed by atoms with Gasteiger partial charge < -0.3 is 25.8 Å². The molecule has 4 rings (SSSR count). The molecule has 2 aromatic carbocycles. The van der Waals surface area contributed by atoms with Gasteiger partial charge in [-0.05, 0) is 47.4 Å². The van der Waals surface area contributed by atoms with Crippen molar-refractivity contribution in [2.45, 2.75) is 26.4 Å². The lowest BCUT2D eigenvalue weighted by atomic mass is 9.95. The maximum atomic E-state index is 14.7. The van der Waals surface area contributed by atoms with Gasteiger partial charge in [0.1, 0.15) is 29.9 Å². The quantitative estimate of drug-likeness (QED) is 0.251. The van der Waals surface area contributed by atoms with Gasteiger partial charge in [-0.25, -0.2) is 8.78 Å². The summed E-state index contributed by atoms with van der Waals surface area (Å²) in [7, 11) is 1.40. The monoisotopic (exact) mass is 535 g/mol. The number of fused-ring (bicyclic) bond motifs is 1. The molecule has 0 bridgehead atoms. The van der Waals surface area contributed by atoms with E-state index >= 15 is 0 Å². The van der Waals surface area contributed by atoms with Crippen molar-refractivity contribution in [3.05, 3.63) is 70.8 Å². The summed E-state index contributed by atoms with van der Waals surface area (Å²) in [5.41, 5.74) is 7.89. The van der Waals surface area contributed by atoms with E-state index < -0.39 is 6.67 Å². The third-order valence-electron chi connectivity index (χ3n) is 6.41. The summed E-state index contributed by atoms with van der Waals surface area (Å²) in [6.45, 7) is 6.59. The molecule has 1 saturated heterocycles. The number of aliphatic imine (C=N–C) groups is 1. The lowest BCUT2D eigenvalue weighted by Gasteiger charge is -2.24. The Hall–Kier alpha value is -4.54. The smallest absolute Gasteiger partial charge is 0.318 e. The van der Waals surface area contributed by atoms with Crippen LogP contribution in [0.3, 0.4) is 0 Å². The van der Waals surface area contributed by atoms with Crippen LogP contribution in [0, 0.1) is 11.2 Å². The van der Waals surface area contributed by atoms with Gasteiger partial charge in [-0.3, -0.25) is 10.4 Å². The normalized spacial score (nSPS) is 15.0. The summed E-state index contributed by atoms with van der Waals surface area (Å²) in [6.07, 6.45) is 4.13. The Kier molecular flexibility index (Phi) is 8.38. The molecule has 0 radical (unpaired) electrons. The van der Waals surface area contributed by atoms with E-state index in [4.69, 9.17) is 15.9 Å². The largest absolute Gasteiger partial charge is 0.508 e. The van der Waals surface area contributed by atoms with Crippen LogP contribution in [0.5, 0.6) is 11.8 Å². The Morgan fingerprint density at radius 3 is 2.85 bits per heavy atom. The summed E-state index contributed by atoms with van der Waals surface area (Å²) < 4.78 is 34.1. The summed E-state index contributed by atoms with van der Waals surface area (Å²) >= 11 is 0. The molecule has 3 aromatic rings. The molecule has 1 fully saturated rings. The number of hydrogen-bond donors (Lipinski definition) is 4. The minimum Gasteiger partial charge on any atom is -0.508 e. The Bertz CT molecular complexity index is 1490. The third kappa shape index (κ3) is 5.97. The lowest BCUT2D eigenvalue weighted by Crippen LogP contribution is -2.30. The van der Waals surface area contributed by atoms with Crippen molar-refractivity contribution >= 4 is 34.3 Å². The molecule has 5 N–H and O–H groups in total. The molecular weight excluding hydrogens is 504 g/mol. The van der Waals surface area contributed by atoms with Crippen molar-refractivity contribution in [1.82, 2.24) is 15.3 Å². The van der Waals surface area contributed by atoms with Crippen LogP contribution in [0.4, 0.5) is 14.6 Å². The number of phenolic OH excluding ortho intramolecular Hbond substituents is 1. The molecule has 0 aliphatic carbocycles. The van der Waals surface area contributed by atoms with Gasteiger partial charge in [0.05, 0.1) is 30.6 Å². The highest BCUT2D eigenvalue weighted by molar-refractivity contribution is 5.99. The topological polar surface area (TPSA) is 133 Å². The first-order chi connectivity index (χ1) is 18.7. The van der Waals surface area contributed by atoms with Crippen LogP contribution < -0.4 is 20.7 Å². The number of aromatic nitrogens is 2.